The van der Waals surface area contributed by atoms with Gasteiger partial charge < -0.3 is 24.2 Å². The van der Waals surface area contributed by atoms with E-state index >= 15 is 0 Å². The maximum atomic E-state index is 12.9. The van der Waals surface area contributed by atoms with E-state index in [1.54, 1.807) is 20.8 Å². The summed E-state index contributed by atoms with van der Waals surface area (Å²) in [5, 5.41) is 8.21. The quantitative estimate of drug-likeness (QED) is 0.601. The third kappa shape index (κ3) is 5.27. The molecule has 3 heterocycles. The molecule has 10 nitrogen and oxygen atoms in total. The number of likely N-dealkylation sites (tertiary alicyclic amines) is 1. The summed E-state index contributed by atoms with van der Waals surface area (Å²) >= 11 is 0. The molecule has 10 heteroatoms. The number of hydrogen-bond acceptors (Lipinski definition) is 7. The minimum Gasteiger partial charge on any atom is -0.494 e. The number of carbonyl (C=O) groups excluding carboxylic acids is 2. The molecule has 0 N–H and O–H groups in total. The number of benzene rings is 1. The van der Waals surface area contributed by atoms with Crippen molar-refractivity contribution in [2.24, 2.45) is 0 Å². The molecule has 2 fully saturated rings. The summed E-state index contributed by atoms with van der Waals surface area (Å²) in [6, 6.07) is 10.9. The molecule has 2 saturated heterocycles. The van der Waals surface area contributed by atoms with E-state index in [0.29, 0.717) is 38.7 Å². The zero-order valence-corrected chi connectivity index (χ0v) is 19.3. The standard InChI is InChI=1S/C23H30N6O4/c1-4-32-18-7-5-17(6-8-18)29-14-13-28(23(29)31)16-22(30)27-12-11-19(15-27)33-21-10-9-20(24-25-21)26(2)3/h5-10,19H,4,11-16H2,1-3H3. The third-order valence-electron chi connectivity index (χ3n) is 5.75. The van der Waals surface area contributed by atoms with E-state index in [4.69, 9.17) is 9.47 Å². The monoisotopic (exact) mass is 454 g/mol. The smallest absolute Gasteiger partial charge is 0.325 e. The highest BCUT2D eigenvalue weighted by molar-refractivity contribution is 5.96. The van der Waals surface area contributed by atoms with E-state index in [-0.39, 0.29) is 24.6 Å². The molecule has 2 aliphatic heterocycles. The van der Waals surface area contributed by atoms with Crippen LogP contribution in [0, 0.1) is 0 Å². The molecule has 0 bridgehead atoms. The molecule has 4 rings (SSSR count). The van der Waals surface area contributed by atoms with E-state index < -0.39 is 0 Å². The Bertz CT molecular complexity index is 966. The van der Waals surface area contributed by atoms with Gasteiger partial charge >= 0.3 is 6.03 Å². The van der Waals surface area contributed by atoms with Crippen LogP contribution in [0.15, 0.2) is 36.4 Å². The second-order valence-electron chi connectivity index (χ2n) is 8.28. The van der Waals surface area contributed by atoms with Crippen molar-refractivity contribution in [1.82, 2.24) is 20.0 Å². The van der Waals surface area contributed by atoms with Crippen molar-refractivity contribution in [3.63, 3.8) is 0 Å². The largest absolute Gasteiger partial charge is 0.494 e. The normalized spacial score (nSPS) is 18.1. The van der Waals surface area contributed by atoms with Crippen LogP contribution < -0.4 is 19.3 Å². The minimum atomic E-state index is -0.157. The minimum absolute atomic E-state index is 0.0659. The van der Waals surface area contributed by atoms with Gasteiger partial charge in [-0.1, -0.05) is 0 Å². The summed E-state index contributed by atoms with van der Waals surface area (Å²) in [5.41, 5.74) is 0.800. The van der Waals surface area contributed by atoms with Crippen LogP contribution in [-0.4, -0.2) is 91.5 Å². The molecule has 1 aromatic carbocycles. The Morgan fingerprint density at radius 1 is 1.09 bits per heavy atom. The van der Waals surface area contributed by atoms with Gasteiger partial charge in [-0.25, -0.2) is 4.79 Å². The fourth-order valence-electron chi connectivity index (χ4n) is 3.96. The van der Waals surface area contributed by atoms with Crippen molar-refractivity contribution in [1.29, 1.82) is 0 Å². The van der Waals surface area contributed by atoms with Crippen molar-refractivity contribution < 1.29 is 19.1 Å². The van der Waals surface area contributed by atoms with E-state index in [0.717, 1.165) is 23.7 Å². The molecule has 0 spiro atoms. The molecule has 1 aromatic heterocycles. The molecule has 2 aromatic rings. The Morgan fingerprint density at radius 3 is 2.55 bits per heavy atom. The van der Waals surface area contributed by atoms with E-state index in [9.17, 15) is 9.59 Å². The van der Waals surface area contributed by atoms with Crippen LogP contribution in [0.25, 0.3) is 0 Å². The van der Waals surface area contributed by atoms with Crippen molar-refractivity contribution in [2.75, 3.05) is 63.2 Å². The lowest BCUT2D eigenvalue weighted by atomic mass is 10.3. The maximum Gasteiger partial charge on any atom is 0.325 e. The van der Waals surface area contributed by atoms with Gasteiger partial charge in [0.15, 0.2) is 5.82 Å². The molecule has 2 aliphatic rings. The van der Waals surface area contributed by atoms with E-state index in [1.807, 2.05) is 56.3 Å². The number of hydrogen-bond donors (Lipinski definition) is 0. The van der Waals surface area contributed by atoms with Gasteiger partial charge in [-0.3, -0.25) is 9.69 Å². The first-order valence-corrected chi connectivity index (χ1v) is 11.2. The number of rotatable bonds is 8. The average Bonchev–Trinajstić information content (AvgIpc) is 3.42. The molecule has 0 aliphatic carbocycles. The Hall–Kier alpha value is -3.56. The van der Waals surface area contributed by atoms with Gasteiger partial charge in [0.1, 0.15) is 18.4 Å². The Labute approximate surface area is 193 Å². The van der Waals surface area contributed by atoms with Crippen LogP contribution in [0.1, 0.15) is 13.3 Å². The van der Waals surface area contributed by atoms with Crippen LogP contribution in [0.3, 0.4) is 0 Å². The molecule has 1 atom stereocenters. The summed E-state index contributed by atoms with van der Waals surface area (Å²) in [7, 11) is 3.79. The van der Waals surface area contributed by atoms with Gasteiger partial charge in [-0.2, -0.15) is 0 Å². The molecule has 176 valence electrons. The first-order chi connectivity index (χ1) is 15.9. The lowest BCUT2D eigenvalue weighted by Gasteiger charge is -2.22. The first-order valence-electron chi connectivity index (χ1n) is 11.2. The van der Waals surface area contributed by atoms with Gasteiger partial charge in [0, 0.05) is 51.9 Å². The van der Waals surface area contributed by atoms with Crippen LogP contribution in [0.2, 0.25) is 0 Å². The third-order valence-corrected chi connectivity index (χ3v) is 5.75. The second kappa shape index (κ2) is 9.93. The Morgan fingerprint density at radius 2 is 1.88 bits per heavy atom. The average molecular weight is 455 g/mol. The van der Waals surface area contributed by atoms with Gasteiger partial charge in [0.25, 0.3) is 0 Å². The van der Waals surface area contributed by atoms with Crippen molar-refractivity contribution in [3.05, 3.63) is 36.4 Å². The predicted molar refractivity (Wildman–Crippen MR) is 124 cm³/mol. The maximum absolute atomic E-state index is 12.9. The number of ether oxygens (including phenoxy) is 2. The number of nitrogens with zero attached hydrogens (tertiary/aromatic N) is 6. The van der Waals surface area contributed by atoms with E-state index in [1.165, 1.54) is 0 Å². The van der Waals surface area contributed by atoms with E-state index in [2.05, 4.69) is 10.2 Å². The Kier molecular flexibility index (Phi) is 6.81. The Balaban J connectivity index is 1.27. The number of amides is 3. The number of carbonyl (C=O) groups is 2. The molecule has 3 amide bonds. The second-order valence-corrected chi connectivity index (χ2v) is 8.28. The number of urea groups is 1. The van der Waals surface area contributed by atoms with Crippen LogP contribution in [0.5, 0.6) is 11.6 Å². The topological polar surface area (TPSA) is 91.3 Å². The summed E-state index contributed by atoms with van der Waals surface area (Å²) < 4.78 is 11.4. The number of aromatic nitrogens is 2. The first kappa shape index (κ1) is 22.6. The molecule has 0 radical (unpaired) electrons. The highest BCUT2D eigenvalue weighted by Gasteiger charge is 2.34. The molecular formula is C23H30N6O4. The number of anilines is 2. The molecule has 33 heavy (non-hydrogen) atoms. The highest BCUT2D eigenvalue weighted by atomic mass is 16.5. The van der Waals surface area contributed by atoms with Gasteiger partial charge in [0.2, 0.25) is 11.8 Å². The molecule has 0 saturated carbocycles. The fourth-order valence-corrected chi connectivity index (χ4v) is 3.96. The summed E-state index contributed by atoms with van der Waals surface area (Å²) in [6.07, 6.45) is 0.581. The molecular weight excluding hydrogens is 424 g/mol. The van der Waals surface area contributed by atoms with Crippen LogP contribution >= 0.6 is 0 Å². The van der Waals surface area contributed by atoms with Gasteiger partial charge in [-0.15, -0.1) is 10.2 Å². The fraction of sp³-hybridized carbons (Fsp3) is 0.478. The lowest BCUT2D eigenvalue weighted by Crippen LogP contribution is -2.42. The zero-order valence-electron chi connectivity index (χ0n) is 19.3. The van der Waals surface area contributed by atoms with Gasteiger partial charge in [-0.05, 0) is 37.3 Å². The lowest BCUT2D eigenvalue weighted by molar-refractivity contribution is -0.130. The SMILES string of the molecule is CCOc1ccc(N2CCN(CC(=O)N3CCC(Oc4ccc(N(C)C)nn4)C3)C2=O)cc1. The predicted octanol–water partition coefficient (Wildman–Crippen LogP) is 1.86. The van der Waals surface area contributed by atoms with Crippen molar-refractivity contribution >= 4 is 23.4 Å². The van der Waals surface area contributed by atoms with Crippen LogP contribution in [-0.2, 0) is 4.79 Å². The van der Waals surface area contributed by atoms with Crippen molar-refractivity contribution in [3.8, 4) is 11.6 Å². The summed E-state index contributed by atoms with van der Waals surface area (Å²) in [6.45, 7) is 4.72. The zero-order chi connectivity index (χ0) is 23.4. The molecule has 1 unspecified atom stereocenters. The van der Waals surface area contributed by atoms with Gasteiger partial charge in [0.05, 0.1) is 13.2 Å². The summed E-state index contributed by atoms with van der Waals surface area (Å²) in [5.74, 6) is 1.89. The van der Waals surface area contributed by atoms with Crippen LogP contribution in [0.4, 0.5) is 16.3 Å². The summed E-state index contributed by atoms with van der Waals surface area (Å²) in [4.78, 5) is 32.6. The highest BCUT2D eigenvalue weighted by Crippen LogP contribution is 2.24. The van der Waals surface area contributed by atoms with Crippen molar-refractivity contribution in [2.45, 2.75) is 19.4 Å².